The van der Waals surface area contributed by atoms with Gasteiger partial charge in [0.15, 0.2) is 0 Å². The summed E-state index contributed by atoms with van der Waals surface area (Å²) in [4.78, 5) is 16.7. The standard InChI is InChI=1S/C18H22N6O/c1-12-17(13(2)23(3)21-12)15-11-16(24(4)22-15)18(25)20-10-8-14-7-5-6-9-19-14/h5-7,9,11H,8,10H2,1-4H3,(H,20,25). The molecule has 7 heteroatoms. The van der Waals surface area contributed by atoms with Gasteiger partial charge in [-0.3, -0.25) is 19.1 Å². The van der Waals surface area contributed by atoms with E-state index >= 15 is 0 Å². The summed E-state index contributed by atoms with van der Waals surface area (Å²) >= 11 is 0. The second-order valence-corrected chi connectivity index (χ2v) is 6.03. The van der Waals surface area contributed by atoms with Crippen molar-refractivity contribution in [3.8, 4) is 11.3 Å². The Morgan fingerprint density at radius 1 is 1.16 bits per heavy atom. The van der Waals surface area contributed by atoms with Crippen LogP contribution in [0.5, 0.6) is 0 Å². The largest absolute Gasteiger partial charge is 0.350 e. The van der Waals surface area contributed by atoms with E-state index in [-0.39, 0.29) is 5.91 Å². The molecule has 25 heavy (non-hydrogen) atoms. The van der Waals surface area contributed by atoms with Gasteiger partial charge in [0.1, 0.15) is 5.69 Å². The molecule has 130 valence electrons. The molecule has 0 saturated heterocycles. The first-order valence-corrected chi connectivity index (χ1v) is 8.20. The van der Waals surface area contributed by atoms with Gasteiger partial charge in [-0.05, 0) is 32.0 Å². The molecular formula is C18H22N6O. The Hall–Kier alpha value is -2.96. The molecule has 3 aromatic heterocycles. The van der Waals surface area contributed by atoms with Crippen LogP contribution < -0.4 is 5.32 Å². The third kappa shape index (κ3) is 3.45. The molecule has 0 spiro atoms. The maximum atomic E-state index is 12.5. The Kier molecular flexibility index (Phi) is 4.65. The highest BCUT2D eigenvalue weighted by atomic mass is 16.2. The van der Waals surface area contributed by atoms with Crippen molar-refractivity contribution in [2.24, 2.45) is 14.1 Å². The van der Waals surface area contributed by atoms with Gasteiger partial charge in [-0.25, -0.2) is 0 Å². The van der Waals surface area contributed by atoms with Gasteiger partial charge < -0.3 is 5.32 Å². The topological polar surface area (TPSA) is 77.6 Å². The number of aryl methyl sites for hydroxylation is 3. The lowest BCUT2D eigenvalue weighted by Crippen LogP contribution is -2.27. The average molecular weight is 338 g/mol. The molecule has 0 radical (unpaired) electrons. The summed E-state index contributed by atoms with van der Waals surface area (Å²) in [6, 6.07) is 7.58. The number of rotatable bonds is 5. The van der Waals surface area contributed by atoms with Crippen molar-refractivity contribution in [2.75, 3.05) is 6.54 Å². The van der Waals surface area contributed by atoms with E-state index in [2.05, 4.69) is 20.5 Å². The van der Waals surface area contributed by atoms with Crippen molar-refractivity contribution in [3.05, 3.63) is 53.2 Å². The normalized spacial score (nSPS) is 10.9. The third-order valence-corrected chi connectivity index (χ3v) is 4.27. The first kappa shape index (κ1) is 16.9. The minimum Gasteiger partial charge on any atom is -0.350 e. The van der Waals surface area contributed by atoms with Crippen molar-refractivity contribution >= 4 is 5.91 Å². The number of aromatic nitrogens is 5. The van der Waals surface area contributed by atoms with Crippen molar-refractivity contribution in [1.82, 2.24) is 29.9 Å². The predicted molar refractivity (Wildman–Crippen MR) is 95.2 cm³/mol. The first-order valence-electron chi connectivity index (χ1n) is 8.20. The van der Waals surface area contributed by atoms with Gasteiger partial charge in [0.2, 0.25) is 0 Å². The van der Waals surface area contributed by atoms with Gasteiger partial charge in [0, 0.05) is 50.2 Å². The molecule has 0 bridgehead atoms. The lowest BCUT2D eigenvalue weighted by molar-refractivity contribution is 0.0944. The number of nitrogens with one attached hydrogen (secondary N) is 1. The minimum absolute atomic E-state index is 0.142. The summed E-state index contributed by atoms with van der Waals surface area (Å²) in [6.07, 6.45) is 2.45. The van der Waals surface area contributed by atoms with E-state index in [1.807, 2.05) is 49.8 Å². The fraction of sp³-hybridized carbons (Fsp3) is 0.333. The molecule has 0 aromatic carbocycles. The highest BCUT2D eigenvalue weighted by Gasteiger charge is 2.19. The molecule has 3 rings (SSSR count). The van der Waals surface area contributed by atoms with Crippen LogP contribution >= 0.6 is 0 Å². The molecule has 0 aliphatic carbocycles. The van der Waals surface area contributed by atoms with E-state index in [0.29, 0.717) is 18.7 Å². The van der Waals surface area contributed by atoms with E-state index in [4.69, 9.17) is 0 Å². The predicted octanol–water partition coefficient (Wildman–Crippen LogP) is 1.80. The SMILES string of the molecule is Cc1nn(C)c(C)c1-c1cc(C(=O)NCCc2ccccn2)n(C)n1. The zero-order chi connectivity index (χ0) is 18.0. The van der Waals surface area contributed by atoms with Crippen LogP contribution in [0.4, 0.5) is 0 Å². The molecule has 1 N–H and O–H groups in total. The van der Waals surface area contributed by atoms with Crippen LogP contribution in [0.25, 0.3) is 11.3 Å². The van der Waals surface area contributed by atoms with Crippen LogP contribution in [0.1, 0.15) is 27.6 Å². The summed E-state index contributed by atoms with van der Waals surface area (Å²) in [5.74, 6) is -0.142. The maximum Gasteiger partial charge on any atom is 0.269 e. The second-order valence-electron chi connectivity index (χ2n) is 6.03. The van der Waals surface area contributed by atoms with Gasteiger partial charge in [-0.15, -0.1) is 0 Å². The van der Waals surface area contributed by atoms with E-state index in [9.17, 15) is 4.79 Å². The Balaban J connectivity index is 1.72. The molecule has 7 nitrogen and oxygen atoms in total. The number of hydrogen-bond donors (Lipinski definition) is 1. The Morgan fingerprint density at radius 3 is 2.60 bits per heavy atom. The number of hydrogen-bond acceptors (Lipinski definition) is 4. The highest BCUT2D eigenvalue weighted by Crippen LogP contribution is 2.25. The fourth-order valence-corrected chi connectivity index (χ4v) is 2.89. The summed E-state index contributed by atoms with van der Waals surface area (Å²) in [5.41, 5.74) is 5.15. The van der Waals surface area contributed by atoms with Crippen molar-refractivity contribution < 1.29 is 4.79 Å². The molecule has 0 aliphatic heterocycles. The second kappa shape index (κ2) is 6.88. The maximum absolute atomic E-state index is 12.5. The van der Waals surface area contributed by atoms with Crippen molar-refractivity contribution in [1.29, 1.82) is 0 Å². The molecule has 3 aromatic rings. The van der Waals surface area contributed by atoms with Crippen molar-refractivity contribution in [3.63, 3.8) is 0 Å². The molecule has 1 amide bonds. The van der Waals surface area contributed by atoms with Gasteiger partial charge in [-0.2, -0.15) is 10.2 Å². The summed E-state index contributed by atoms with van der Waals surface area (Å²) in [6.45, 7) is 4.47. The first-order chi connectivity index (χ1) is 12.0. The number of carbonyl (C=O) groups is 1. The zero-order valence-electron chi connectivity index (χ0n) is 14.9. The molecule has 0 aliphatic rings. The minimum atomic E-state index is -0.142. The highest BCUT2D eigenvalue weighted by molar-refractivity contribution is 5.93. The quantitative estimate of drug-likeness (QED) is 0.769. The van der Waals surface area contributed by atoms with E-state index in [1.54, 1.807) is 17.9 Å². The van der Waals surface area contributed by atoms with Crippen LogP contribution in [0.2, 0.25) is 0 Å². The van der Waals surface area contributed by atoms with Gasteiger partial charge in [-0.1, -0.05) is 6.07 Å². The number of pyridine rings is 1. The Bertz CT molecular complexity index is 894. The van der Waals surface area contributed by atoms with Gasteiger partial charge in [0.25, 0.3) is 5.91 Å². The van der Waals surface area contributed by atoms with E-state index < -0.39 is 0 Å². The number of nitrogens with zero attached hydrogens (tertiary/aromatic N) is 5. The molecular weight excluding hydrogens is 316 g/mol. The lowest BCUT2D eigenvalue weighted by Gasteiger charge is -2.04. The summed E-state index contributed by atoms with van der Waals surface area (Å²) in [7, 11) is 3.68. The summed E-state index contributed by atoms with van der Waals surface area (Å²) in [5, 5.41) is 11.8. The third-order valence-electron chi connectivity index (χ3n) is 4.27. The van der Waals surface area contributed by atoms with Gasteiger partial charge >= 0.3 is 0 Å². The Morgan fingerprint density at radius 2 is 1.96 bits per heavy atom. The average Bonchev–Trinajstić information content (AvgIpc) is 3.08. The smallest absolute Gasteiger partial charge is 0.269 e. The van der Waals surface area contributed by atoms with Gasteiger partial charge in [0.05, 0.1) is 11.4 Å². The zero-order valence-corrected chi connectivity index (χ0v) is 14.9. The molecule has 0 saturated carbocycles. The number of amides is 1. The molecule has 0 fully saturated rings. The van der Waals surface area contributed by atoms with Crippen LogP contribution in [0, 0.1) is 13.8 Å². The van der Waals surface area contributed by atoms with Crippen LogP contribution in [0.3, 0.4) is 0 Å². The van der Waals surface area contributed by atoms with E-state index in [0.717, 1.165) is 28.3 Å². The monoisotopic (exact) mass is 338 g/mol. The Labute approximate surface area is 146 Å². The molecule has 0 atom stereocenters. The fourth-order valence-electron chi connectivity index (χ4n) is 2.89. The van der Waals surface area contributed by atoms with Crippen LogP contribution in [-0.2, 0) is 20.5 Å². The van der Waals surface area contributed by atoms with E-state index in [1.165, 1.54) is 0 Å². The van der Waals surface area contributed by atoms with Crippen molar-refractivity contribution in [2.45, 2.75) is 20.3 Å². The molecule has 3 heterocycles. The van der Waals surface area contributed by atoms with Crippen LogP contribution in [-0.4, -0.2) is 37.0 Å². The van der Waals surface area contributed by atoms with Crippen LogP contribution in [0.15, 0.2) is 30.5 Å². The number of carbonyl (C=O) groups excluding carboxylic acids is 1. The molecule has 0 unspecified atom stereocenters. The summed E-state index contributed by atoms with van der Waals surface area (Å²) < 4.78 is 3.43. The lowest BCUT2D eigenvalue weighted by atomic mass is 10.1.